The fourth-order valence-corrected chi connectivity index (χ4v) is 13.1. The summed E-state index contributed by atoms with van der Waals surface area (Å²) in [6, 6.07) is 108. The van der Waals surface area contributed by atoms with E-state index in [0.29, 0.717) is 0 Å². The molecule has 2 aromatic heterocycles. The third-order valence-electron chi connectivity index (χ3n) is 16.5. The highest BCUT2D eigenvalue weighted by atomic mass is 15.0. The van der Waals surface area contributed by atoms with Gasteiger partial charge < -0.3 is 9.13 Å². The smallest absolute Gasteiger partial charge is 0.0547 e. The molecule has 2 heterocycles. The molecule has 0 amide bonds. The van der Waals surface area contributed by atoms with Gasteiger partial charge in [0.05, 0.1) is 22.1 Å². The summed E-state index contributed by atoms with van der Waals surface area (Å²) in [6.07, 6.45) is 0. The third-order valence-corrected chi connectivity index (χ3v) is 16.5. The lowest BCUT2D eigenvalue weighted by Crippen LogP contribution is -1.94. The minimum atomic E-state index is 1.15. The van der Waals surface area contributed by atoms with Crippen molar-refractivity contribution in [2.45, 2.75) is 0 Å². The average Bonchev–Trinajstić information content (AvgIpc) is 4.22. The van der Waals surface area contributed by atoms with Gasteiger partial charge >= 0.3 is 0 Å². The van der Waals surface area contributed by atoms with E-state index in [9.17, 15) is 0 Å². The highest BCUT2D eigenvalue weighted by Gasteiger charge is 2.24. The van der Waals surface area contributed by atoms with Crippen molar-refractivity contribution < 1.29 is 0 Å². The first-order valence-electron chi connectivity index (χ1n) is 27.0. The predicted octanol–water partition coefficient (Wildman–Crippen LogP) is 20.8. The largest absolute Gasteiger partial charge is 0.309 e. The van der Waals surface area contributed by atoms with E-state index in [1.807, 2.05) is 0 Å². The lowest BCUT2D eigenvalue weighted by molar-refractivity contribution is 1.18. The van der Waals surface area contributed by atoms with Crippen molar-refractivity contribution in [3.8, 4) is 67.0 Å². The lowest BCUT2D eigenvalue weighted by atomic mass is 9.83. The SMILES string of the molecule is c1ccc(-c2c3cccc(-c4cc5ccccc5cc4-c4cccc5c4c4ccccc4n5-c4ccccc4)c3cc3c(-c4cc5ccccc5cc4-c4cccc5c4c4ccccc4n5-c4ccccc4)cccc23)cc1. The first-order valence-corrected chi connectivity index (χ1v) is 27.0. The molecular weight excluding hydrogens is 941 g/mol. The lowest BCUT2D eigenvalue weighted by Gasteiger charge is -2.21. The molecule has 0 fully saturated rings. The Morgan fingerprint density at radius 1 is 0.192 bits per heavy atom. The van der Waals surface area contributed by atoms with Crippen LogP contribution in [0.1, 0.15) is 0 Å². The number of aromatic nitrogens is 2. The van der Waals surface area contributed by atoms with Gasteiger partial charge in [-0.25, -0.2) is 0 Å². The Morgan fingerprint density at radius 3 is 0.949 bits per heavy atom. The number of nitrogens with zero attached hydrogens (tertiary/aromatic N) is 2. The van der Waals surface area contributed by atoms with Crippen molar-refractivity contribution in [2.24, 2.45) is 0 Å². The first kappa shape index (κ1) is 44.1. The highest BCUT2D eigenvalue weighted by molar-refractivity contribution is 6.24. The zero-order chi connectivity index (χ0) is 51.3. The van der Waals surface area contributed by atoms with Crippen LogP contribution in [0.3, 0.4) is 0 Å². The van der Waals surface area contributed by atoms with Crippen LogP contribution in [0.15, 0.2) is 291 Å². The summed E-state index contributed by atoms with van der Waals surface area (Å²) < 4.78 is 4.85. The molecule has 0 aliphatic heterocycles. The summed E-state index contributed by atoms with van der Waals surface area (Å²) >= 11 is 0. The molecule has 0 aliphatic carbocycles. The van der Waals surface area contributed by atoms with Gasteiger partial charge in [-0.3, -0.25) is 0 Å². The average molecular weight is 989 g/mol. The second-order valence-electron chi connectivity index (χ2n) is 20.7. The summed E-state index contributed by atoms with van der Waals surface area (Å²) in [6.45, 7) is 0. The van der Waals surface area contributed by atoms with Crippen LogP contribution >= 0.6 is 0 Å². The molecule has 0 unspecified atom stereocenters. The Morgan fingerprint density at radius 2 is 0.513 bits per heavy atom. The van der Waals surface area contributed by atoms with Crippen LogP contribution < -0.4 is 0 Å². The molecule has 0 saturated carbocycles. The zero-order valence-electron chi connectivity index (χ0n) is 42.6. The van der Waals surface area contributed by atoms with Crippen LogP contribution in [-0.4, -0.2) is 9.13 Å². The summed E-state index contributed by atoms with van der Waals surface area (Å²) in [7, 11) is 0. The summed E-state index contributed by atoms with van der Waals surface area (Å²) in [5.41, 5.74) is 19.1. The Balaban J connectivity index is 1.01. The molecular formula is C76H48N2. The zero-order valence-corrected chi connectivity index (χ0v) is 42.6. The number of rotatable bonds is 7. The number of hydrogen-bond donors (Lipinski definition) is 0. The van der Waals surface area contributed by atoms with E-state index in [0.717, 1.165) is 11.4 Å². The molecule has 0 N–H and O–H groups in total. The Labute approximate surface area is 451 Å². The van der Waals surface area contributed by atoms with Gasteiger partial charge in [0.1, 0.15) is 0 Å². The molecule has 16 aromatic rings. The molecule has 0 aliphatic rings. The van der Waals surface area contributed by atoms with Crippen molar-refractivity contribution in [1.82, 2.24) is 9.13 Å². The van der Waals surface area contributed by atoms with Crippen molar-refractivity contribution in [3.63, 3.8) is 0 Å². The molecule has 0 saturated heterocycles. The highest BCUT2D eigenvalue weighted by Crippen LogP contribution is 2.50. The second-order valence-corrected chi connectivity index (χ2v) is 20.7. The number of hydrogen-bond acceptors (Lipinski definition) is 0. The Kier molecular flexibility index (Phi) is 9.98. The first-order chi connectivity index (χ1) is 38.7. The van der Waals surface area contributed by atoms with Gasteiger partial charge in [0.2, 0.25) is 0 Å². The van der Waals surface area contributed by atoms with Gasteiger partial charge in [0.15, 0.2) is 0 Å². The van der Waals surface area contributed by atoms with E-state index in [2.05, 4.69) is 300 Å². The van der Waals surface area contributed by atoms with Gasteiger partial charge in [0, 0.05) is 32.9 Å². The molecule has 0 bridgehead atoms. The van der Waals surface area contributed by atoms with E-state index in [1.165, 1.54) is 142 Å². The molecule has 78 heavy (non-hydrogen) atoms. The maximum absolute atomic E-state index is 2.52. The van der Waals surface area contributed by atoms with Crippen molar-refractivity contribution in [3.05, 3.63) is 291 Å². The number of fused-ring (bicyclic) bond motifs is 10. The van der Waals surface area contributed by atoms with Crippen molar-refractivity contribution >= 4 is 86.7 Å². The molecule has 16 rings (SSSR count). The van der Waals surface area contributed by atoms with Crippen LogP contribution in [0, 0.1) is 0 Å². The summed E-state index contributed by atoms with van der Waals surface area (Å²) in [5, 5.41) is 14.7. The van der Waals surface area contributed by atoms with E-state index in [-0.39, 0.29) is 0 Å². The van der Waals surface area contributed by atoms with Crippen LogP contribution in [0.25, 0.3) is 154 Å². The van der Waals surface area contributed by atoms with Gasteiger partial charge in [-0.1, -0.05) is 212 Å². The fraction of sp³-hybridized carbons (Fsp3) is 0. The maximum Gasteiger partial charge on any atom is 0.0547 e. The quantitative estimate of drug-likeness (QED) is 0.141. The van der Waals surface area contributed by atoms with Crippen LogP contribution in [-0.2, 0) is 0 Å². The standard InChI is InChI=1S/C76H48N2/c1-4-22-49(23-5-1)74-58-36-18-34-56(64-44-50-24-10-12-26-52(50)46-66(64)60-38-20-42-72-75(60)62-32-14-16-40-70(62)77(72)54-28-6-2-7-29-54)68(58)48-69-57(35-19-37-59(69)74)65-45-51-25-11-13-27-53(51)47-67(65)61-39-21-43-73-76(61)63-33-15-17-41-71(63)78(73)55-30-8-3-9-31-55/h1-48H. The van der Waals surface area contributed by atoms with E-state index in [1.54, 1.807) is 0 Å². The summed E-state index contributed by atoms with van der Waals surface area (Å²) in [5.74, 6) is 0. The predicted molar refractivity (Wildman–Crippen MR) is 332 cm³/mol. The van der Waals surface area contributed by atoms with E-state index < -0.39 is 0 Å². The maximum atomic E-state index is 2.52. The summed E-state index contributed by atoms with van der Waals surface area (Å²) in [4.78, 5) is 0. The van der Waals surface area contributed by atoms with Crippen LogP contribution in [0.5, 0.6) is 0 Å². The van der Waals surface area contributed by atoms with Gasteiger partial charge in [-0.15, -0.1) is 0 Å². The van der Waals surface area contributed by atoms with Gasteiger partial charge in [0.25, 0.3) is 0 Å². The van der Waals surface area contributed by atoms with Gasteiger partial charge in [-0.05, 0) is 178 Å². The molecule has 0 spiro atoms. The minimum absolute atomic E-state index is 1.15. The molecule has 362 valence electrons. The molecule has 2 nitrogen and oxygen atoms in total. The Hall–Kier alpha value is -10.3. The topological polar surface area (TPSA) is 9.86 Å². The van der Waals surface area contributed by atoms with Gasteiger partial charge in [-0.2, -0.15) is 0 Å². The van der Waals surface area contributed by atoms with E-state index >= 15 is 0 Å². The normalized spacial score (nSPS) is 11.8. The van der Waals surface area contributed by atoms with Crippen LogP contribution in [0.4, 0.5) is 0 Å². The Bertz CT molecular complexity index is 4760. The second kappa shape index (κ2) is 17.7. The molecule has 0 atom stereocenters. The number of benzene rings is 14. The van der Waals surface area contributed by atoms with Crippen molar-refractivity contribution in [1.29, 1.82) is 0 Å². The number of para-hydroxylation sites is 4. The van der Waals surface area contributed by atoms with Crippen molar-refractivity contribution in [2.75, 3.05) is 0 Å². The monoisotopic (exact) mass is 988 g/mol. The van der Waals surface area contributed by atoms with Crippen LogP contribution in [0.2, 0.25) is 0 Å². The third kappa shape index (κ3) is 6.77. The van der Waals surface area contributed by atoms with E-state index in [4.69, 9.17) is 0 Å². The fourth-order valence-electron chi connectivity index (χ4n) is 13.1. The minimum Gasteiger partial charge on any atom is -0.309 e. The molecule has 2 heteroatoms. The molecule has 14 aromatic carbocycles. The molecule has 0 radical (unpaired) electrons.